The van der Waals surface area contributed by atoms with Crippen molar-refractivity contribution >= 4 is 0 Å². The molecular weight excluding hydrogens is 216 g/mol. The van der Waals surface area contributed by atoms with Crippen LogP contribution in [0.1, 0.15) is 5.56 Å². The van der Waals surface area contributed by atoms with Gasteiger partial charge in [-0.1, -0.05) is 0 Å². The van der Waals surface area contributed by atoms with Gasteiger partial charge in [-0.25, -0.2) is 8.78 Å². The summed E-state index contributed by atoms with van der Waals surface area (Å²) in [6.07, 6.45) is 0.306. The molecular formula is C11H15F2NO2. The van der Waals surface area contributed by atoms with Gasteiger partial charge in [-0.05, 0) is 36.7 Å². The minimum absolute atomic E-state index is 0.192. The minimum Gasteiger partial charge on any atom is -0.395 e. The predicted octanol–water partition coefficient (Wildman–Crippen LogP) is 0.450. The van der Waals surface area contributed by atoms with Crippen LogP contribution in [0.15, 0.2) is 18.2 Å². The van der Waals surface area contributed by atoms with Crippen LogP contribution in [0.4, 0.5) is 8.78 Å². The summed E-state index contributed by atoms with van der Waals surface area (Å²) in [5.41, 5.74) is 0.280. The van der Waals surface area contributed by atoms with Gasteiger partial charge in [0.1, 0.15) is 11.6 Å². The van der Waals surface area contributed by atoms with E-state index >= 15 is 0 Å². The molecule has 0 aromatic heterocycles. The SMILES string of the molecule is OCC(CO)NCCc1cc(F)ccc1F. The molecule has 5 heteroatoms. The Labute approximate surface area is 92.7 Å². The van der Waals surface area contributed by atoms with Crippen molar-refractivity contribution in [3.05, 3.63) is 35.4 Å². The fourth-order valence-corrected chi connectivity index (χ4v) is 1.33. The normalized spacial score (nSPS) is 11.1. The second kappa shape index (κ2) is 6.52. The van der Waals surface area contributed by atoms with E-state index in [4.69, 9.17) is 10.2 Å². The van der Waals surface area contributed by atoms with Gasteiger partial charge in [0.05, 0.1) is 19.3 Å². The average Bonchev–Trinajstić information content (AvgIpc) is 2.29. The zero-order valence-corrected chi connectivity index (χ0v) is 8.79. The molecule has 0 atom stereocenters. The molecule has 16 heavy (non-hydrogen) atoms. The van der Waals surface area contributed by atoms with E-state index in [2.05, 4.69) is 5.32 Å². The molecule has 0 aliphatic heterocycles. The number of rotatable bonds is 6. The molecule has 0 saturated carbocycles. The Bertz CT molecular complexity index is 330. The number of hydrogen-bond donors (Lipinski definition) is 3. The maximum Gasteiger partial charge on any atom is 0.126 e. The molecule has 0 saturated heterocycles. The van der Waals surface area contributed by atoms with Gasteiger partial charge in [-0.3, -0.25) is 0 Å². The van der Waals surface area contributed by atoms with Crippen LogP contribution in [0.5, 0.6) is 0 Å². The summed E-state index contributed by atoms with van der Waals surface area (Å²) in [7, 11) is 0. The van der Waals surface area contributed by atoms with Gasteiger partial charge in [0.25, 0.3) is 0 Å². The Kier molecular flexibility index (Phi) is 5.31. The molecule has 3 N–H and O–H groups in total. The number of aliphatic hydroxyl groups excluding tert-OH is 2. The second-order valence-electron chi connectivity index (χ2n) is 3.50. The summed E-state index contributed by atoms with van der Waals surface area (Å²) in [5.74, 6) is -0.926. The molecule has 90 valence electrons. The van der Waals surface area contributed by atoms with Crippen LogP contribution in [0, 0.1) is 11.6 Å². The van der Waals surface area contributed by atoms with Crippen molar-refractivity contribution in [1.82, 2.24) is 5.32 Å². The van der Waals surface area contributed by atoms with Gasteiger partial charge in [-0.15, -0.1) is 0 Å². The lowest BCUT2D eigenvalue weighted by atomic mass is 10.1. The van der Waals surface area contributed by atoms with Gasteiger partial charge < -0.3 is 15.5 Å². The molecule has 0 fully saturated rings. The van der Waals surface area contributed by atoms with Crippen molar-refractivity contribution < 1.29 is 19.0 Å². The predicted molar refractivity (Wildman–Crippen MR) is 56.0 cm³/mol. The Balaban J connectivity index is 2.45. The summed E-state index contributed by atoms with van der Waals surface area (Å²) >= 11 is 0. The molecule has 0 radical (unpaired) electrons. The number of benzene rings is 1. The Morgan fingerprint density at radius 1 is 1.19 bits per heavy atom. The lowest BCUT2D eigenvalue weighted by Crippen LogP contribution is -2.37. The van der Waals surface area contributed by atoms with E-state index in [1.165, 1.54) is 0 Å². The van der Waals surface area contributed by atoms with E-state index in [-0.39, 0.29) is 18.8 Å². The molecule has 3 nitrogen and oxygen atoms in total. The summed E-state index contributed by atoms with van der Waals surface area (Å²) in [5, 5.41) is 20.4. The minimum atomic E-state index is -0.475. The van der Waals surface area contributed by atoms with Crippen molar-refractivity contribution in [3.63, 3.8) is 0 Å². The first-order valence-corrected chi connectivity index (χ1v) is 5.06. The Morgan fingerprint density at radius 3 is 2.50 bits per heavy atom. The fourth-order valence-electron chi connectivity index (χ4n) is 1.33. The molecule has 0 bridgehead atoms. The maximum atomic E-state index is 13.2. The Hall–Kier alpha value is -1.04. The standard InChI is InChI=1S/C11H15F2NO2/c12-9-1-2-11(13)8(5-9)3-4-14-10(6-15)7-16/h1-2,5,10,14-16H,3-4,6-7H2. The molecule has 0 unspecified atom stereocenters. The van der Waals surface area contributed by atoms with Gasteiger partial charge in [-0.2, -0.15) is 0 Å². The number of hydrogen-bond acceptors (Lipinski definition) is 3. The van der Waals surface area contributed by atoms with Crippen LogP contribution in [-0.2, 0) is 6.42 Å². The van der Waals surface area contributed by atoms with Crippen LogP contribution in [0.2, 0.25) is 0 Å². The van der Waals surface area contributed by atoms with Crippen LogP contribution < -0.4 is 5.32 Å². The third-order valence-electron chi connectivity index (χ3n) is 2.28. The number of aliphatic hydroxyl groups is 2. The van der Waals surface area contributed by atoms with Crippen molar-refractivity contribution in [3.8, 4) is 0 Å². The molecule has 1 aromatic rings. The number of halogens is 2. The van der Waals surface area contributed by atoms with Crippen LogP contribution in [-0.4, -0.2) is 36.0 Å². The lowest BCUT2D eigenvalue weighted by molar-refractivity contribution is 0.171. The second-order valence-corrected chi connectivity index (χ2v) is 3.50. The summed E-state index contributed by atoms with van der Waals surface area (Å²) in [4.78, 5) is 0. The summed E-state index contributed by atoms with van der Waals surface area (Å²) in [6, 6.07) is 2.87. The van der Waals surface area contributed by atoms with Gasteiger partial charge >= 0.3 is 0 Å². The van der Waals surface area contributed by atoms with E-state index in [9.17, 15) is 8.78 Å². The highest BCUT2D eigenvalue weighted by Crippen LogP contribution is 2.09. The van der Waals surface area contributed by atoms with Gasteiger partial charge in [0.2, 0.25) is 0 Å². The first-order chi connectivity index (χ1) is 7.67. The quantitative estimate of drug-likeness (QED) is 0.666. The Morgan fingerprint density at radius 2 is 1.88 bits per heavy atom. The highest BCUT2D eigenvalue weighted by Gasteiger charge is 2.06. The molecule has 1 aromatic carbocycles. The van der Waals surface area contributed by atoms with E-state index in [0.29, 0.717) is 13.0 Å². The molecule has 1 rings (SSSR count). The van der Waals surface area contributed by atoms with E-state index < -0.39 is 17.7 Å². The van der Waals surface area contributed by atoms with Crippen LogP contribution >= 0.6 is 0 Å². The largest absolute Gasteiger partial charge is 0.395 e. The van der Waals surface area contributed by atoms with Crippen LogP contribution in [0.25, 0.3) is 0 Å². The van der Waals surface area contributed by atoms with E-state index in [1.54, 1.807) is 0 Å². The van der Waals surface area contributed by atoms with Gasteiger partial charge in [0, 0.05) is 0 Å². The van der Waals surface area contributed by atoms with Crippen molar-refractivity contribution in [2.45, 2.75) is 12.5 Å². The summed E-state index contributed by atoms with van der Waals surface area (Å²) in [6.45, 7) is -0.0174. The van der Waals surface area contributed by atoms with Crippen molar-refractivity contribution in [2.75, 3.05) is 19.8 Å². The topological polar surface area (TPSA) is 52.5 Å². The van der Waals surface area contributed by atoms with E-state index in [1.807, 2.05) is 0 Å². The average molecular weight is 231 g/mol. The molecule has 0 heterocycles. The highest BCUT2D eigenvalue weighted by atomic mass is 19.1. The monoisotopic (exact) mass is 231 g/mol. The molecule has 0 spiro atoms. The van der Waals surface area contributed by atoms with Crippen LogP contribution in [0.3, 0.4) is 0 Å². The zero-order chi connectivity index (χ0) is 12.0. The zero-order valence-electron chi connectivity index (χ0n) is 8.79. The van der Waals surface area contributed by atoms with E-state index in [0.717, 1.165) is 18.2 Å². The molecule has 0 amide bonds. The fraction of sp³-hybridized carbons (Fsp3) is 0.455. The van der Waals surface area contributed by atoms with Gasteiger partial charge in [0.15, 0.2) is 0 Å². The molecule has 0 aliphatic rings. The first-order valence-electron chi connectivity index (χ1n) is 5.06. The lowest BCUT2D eigenvalue weighted by Gasteiger charge is -2.13. The third kappa shape index (κ3) is 3.84. The first kappa shape index (κ1) is 13.0. The third-order valence-corrected chi connectivity index (χ3v) is 2.28. The smallest absolute Gasteiger partial charge is 0.126 e. The maximum absolute atomic E-state index is 13.2. The highest BCUT2D eigenvalue weighted by molar-refractivity contribution is 5.18. The van der Waals surface area contributed by atoms with Crippen molar-refractivity contribution in [2.24, 2.45) is 0 Å². The summed E-state index contributed by atoms with van der Waals surface area (Å²) < 4.78 is 26.0. The molecule has 0 aliphatic carbocycles. The number of nitrogens with one attached hydrogen (secondary N) is 1. The van der Waals surface area contributed by atoms with Crippen molar-refractivity contribution in [1.29, 1.82) is 0 Å².